The highest BCUT2D eigenvalue weighted by Gasteiger charge is 2.14. The maximum absolute atomic E-state index is 12.1. The number of carbonyl (C=O) groups excluding carboxylic acids is 2. The summed E-state index contributed by atoms with van der Waals surface area (Å²) in [5.74, 6) is 0.411. The van der Waals surface area contributed by atoms with Gasteiger partial charge in [-0.25, -0.2) is 0 Å². The number of hydrogen-bond donors (Lipinski definition) is 2. The number of furan rings is 1. The first-order valence-electron chi connectivity index (χ1n) is 7.32. The maximum atomic E-state index is 12.1. The van der Waals surface area contributed by atoms with Gasteiger partial charge in [0.15, 0.2) is 4.34 Å². The Hall–Kier alpha value is -2.65. The summed E-state index contributed by atoms with van der Waals surface area (Å²) in [5, 5.41) is 13.5. The second-order valence-corrected chi connectivity index (χ2v) is 7.04. The van der Waals surface area contributed by atoms with Crippen LogP contribution in [0.2, 0.25) is 0 Å². The molecule has 0 bridgehead atoms. The van der Waals surface area contributed by atoms with Crippen LogP contribution in [0.5, 0.6) is 0 Å². The quantitative estimate of drug-likeness (QED) is 0.617. The summed E-state index contributed by atoms with van der Waals surface area (Å²) >= 11 is 2.38. The van der Waals surface area contributed by atoms with Crippen molar-refractivity contribution in [3.05, 3.63) is 59.5 Å². The van der Waals surface area contributed by atoms with E-state index in [0.717, 1.165) is 11.3 Å². The number of anilines is 1. The molecule has 0 spiro atoms. The number of benzene rings is 1. The van der Waals surface area contributed by atoms with Crippen LogP contribution in [0, 0.1) is 0 Å². The van der Waals surface area contributed by atoms with Crippen molar-refractivity contribution >= 4 is 40.6 Å². The SMILES string of the molecule is O=C(CSc1nnc(C(=O)Nc2ccccc2)s1)NCc1ccco1. The second kappa shape index (κ2) is 8.45. The van der Waals surface area contributed by atoms with Crippen LogP contribution in [0.4, 0.5) is 5.69 Å². The highest BCUT2D eigenvalue weighted by molar-refractivity contribution is 8.01. The Bertz CT molecular complexity index is 834. The molecule has 1 aromatic carbocycles. The van der Waals surface area contributed by atoms with E-state index in [9.17, 15) is 9.59 Å². The molecule has 0 radical (unpaired) electrons. The van der Waals surface area contributed by atoms with Gasteiger partial charge in [0, 0.05) is 5.69 Å². The van der Waals surface area contributed by atoms with Gasteiger partial charge in [-0.05, 0) is 24.3 Å². The van der Waals surface area contributed by atoms with E-state index >= 15 is 0 Å². The van der Waals surface area contributed by atoms with Crippen molar-refractivity contribution < 1.29 is 14.0 Å². The second-order valence-electron chi connectivity index (χ2n) is 4.84. The van der Waals surface area contributed by atoms with Gasteiger partial charge in [0.1, 0.15) is 5.76 Å². The lowest BCUT2D eigenvalue weighted by Crippen LogP contribution is -2.24. The number of aromatic nitrogens is 2. The molecule has 0 aliphatic rings. The zero-order chi connectivity index (χ0) is 17.5. The van der Waals surface area contributed by atoms with Crippen LogP contribution in [0.25, 0.3) is 0 Å². The summed E-state index contributed by atoms with van der Waals surface area (Å²) in [6, 6.07) is 12.7. The highest BCUT2D eigenvalue weighted by Crippen LogP contribution is 2.22. The number of rotatable bonds is 7. The van der Waals surface area contributed by atoms with Crippen molar-refractivity contribution in [3.8, 4) is 0 Å². The fourth-order valence-electron chi connectivity index (χ4n) is 1.84. The van der Waals surface area contributed by atoms with Gasteiger partial charge in [0.2, 0.25) is 10.9 Å². The molecule has 7 nitrogen and oxygen atoms in total. The van der Waals surface area contributed by atoms with Crippen LogP contribution in [-0.2, 0) is 11.3 Å². The fourth-order valence-corrected chi connectivity index (χ4v) is 3.42. The molecule has 25 heavy (non-hydrogen) atoms. The number of nitrogens with one attached hydrogen (secondary N) is 2. The van der Waals surface area contributed by atoms with E-state index in [2.05, 4.69) is 20.8 Å². The summed E-state index contributed by atoms with van der Waals surface area (Å²) in [7, 11) is 0. The summed E-state index contributed by atoms with van der Waals surface area (Å²) in [6.07, 6.45) is 1.56. The molecule has 0 aliphatic carbocycles. The van der Waals surface area contributed by atoms with Crippen LogP contribution < -0.4 is 10.6 Å². The predicted octanol–water partition coefficient (Wildman–Crippen LogP) is 2.79. The molecule has 2 heterocycles. The van der Waals surface area contributed by atoms with E-state index in [-0.39, 0.29) is 22.6 Å². The van der Waals surface area contributed by atoms with Crippen LogP contribution in [-0.4, -0.2) is 27.8 Å². The monoisotopic (exact) mass is 374 g/mol. The van der Waals surface area contributed by atoms with E-state index < -0.39 is 0 Å². The molecule has 0 saturated carbocycles. The Morgan fingerprint density at radius 1 is 1.12 bits per heavy atom. The van der Waals surface area contributed by atoms with Crippen molar-refractivity contribution in [2.24, 2.45) is 0 Å². The van der Waals surface area contributed by atoms with Crippen molar-refractivity contribution in [2.45, 2.75) is 10.9 Å². The van der Waals surface area contributed by atoms with E-state index in [1.807, 2.05) is 18.2 Å². The smallest absolute Gasteiger partial charge is 0.286 e. The molecule has 2 aromatic heterocycles. The molecule has 0 atom stereocenters. The van der Waals surface area contributed by atoms with Crippen LogP contribution in [0.1, 0.15) is 15.6 Å². The first kappa shape index (κ1) is 17.2. The zero-order valence-corrected chi connectivity index (χ0v) is 14.6. The number of carbonyl (C=O) groups is 2. The lowest BCUT2D eigenvalue weighted by molar-refractivity contribution is -0.118. The van der Waals surface area contributed by atoms with E-state index in [1.54, 1.807) is 30.5 Å². The number of nitrogens with zero attached hydrogens (tertiary/aromatic N) is 2. The highest BCUT2D eigenvalue weighted by atomic mass is 32.2. The summed E-state index contributed by atoms with van der Waals surface area (Å²) in [6.45, 7) is 0.341. The lowest BCUT2D eigenvalue weighted by atomic mass is 10.3. The van der Waals surface area contributed by atoms with Crippen LogP contribution in [0.15, 0.2) is 57.5 Å². The van der Waals surface area contributed by atoms with Gasteiger partial charge in [0.25, 0.3) is 5.91 Å². The zero-order valence-electron chi connectivity index (χ0n) is 13.0. The summed E-state index contributed by atoms with van der Waals surface area (Å²) in [4.78, 5) is 23.9. The van der Waals surface area contributed by atoms with Crippen molar-refractivity contribution in [1.82, 2.24) is 15.5 Å². The molecule has 9 heteroatoms. The summed E-state index contributed by atoms with van der Waals surface area (Å²) in [5.41, 5.74) is 0.689. The average Bonchev–Trinajstić information content (AvgIpc) is 3.31. The Morgan fingerprint density at radius 3 is 2.72 bits per heavy atom. The minimum Gasteiger partial charge on any atom is -0.467 e. The standard InChI is InChI=1S/C16H14N4O3S2/c21-13(17-9-12-7-4-8-23-12)10-24-16-20-19-15(25-16)14(22)18-11-5-2-1-3-6-11/h1-8H,9-10H2,(H,17,21)(H,18,22). The van der Waals surface area contributed by atoms with Crippen molar-refractivity contribution in [3.63, 3.8) is 0 Å². The lowest BCUT2D eigenvalue weighted by Gasteiger charge is -2.01. The van der Waals surface area contributed by atoms with Gasteiger partial charge in [0.05, 0.1) is 18.6 Å². The number of thioether (sulfide) groups is 1. The Balaban J connectivity index is 1.46. The third kappa shape index (κ3) is 5.16. The van der Waals surface area contributed by atoms with Gasteiger partial charge in [-0.3, -0.25) is 9.59 Å². The molecule has 3 aromatic rings. The van der Waals surface area contributed by atoms with Crippen molar-refractivity contribution in [1.29, 1.82) is 0 Å². The molecule has 2 N–H and O–H groups in total. The van der Waals surface area contributed by atoms with Gasteiger partial charge < -0.3 is 15.1 Å². The topological polar surface area (TPSA) is 97.1 Å². The molecule has 0 saturated heterocycles. The molecule has 0 unspecified atom stereocenters. The molecular formula is C16H14N4O3S2. The molecule has 3 rings (SSSR count). The van der Waals surface area contributed by atoms with Crippen molar-refractivity contribution in [2.75, 3.05) is 11.1 Å². The van der Waals surface area contributed by atoms with Crippen LogP contribution >= 0.6 is 23.1 Å². The predicted molar refractivity (Wildman–Crippen MR) is 95.6 cm³/mol. The fraction of sp³-hybridized carbons (Fsp3) is 0.125. The maximum Gasteiger partial charge on any atom is 0.286 e. The van der Waals surface area contributed by atoms with Gasteiger partial charge in [-0.2, -0.15) is 0 Å². The average molecular weight is 374 g/mol. The third-order valence-electron chi connectivity index (χ3n) is 3.00. The van der Waals surface area contributed by atoms with Gasteiger partial charge in [-0.1, -0.05) is 41.3 Å². The molecular weight excluding hydrogens is 360 g/mol. The number of para-hydroxylation sites is 1. The normalized spacial score (nSPS) is 10.4. The Kier molecular flexibility index (Phi) is 5.81. The Morgan fingerprint density at radius 2 is 1.96 bits per heavy atom. The molecule has 2 amide bonds. The molecule has 0 fully saturated rings. The van der Waals surface area contributed by atoms with E-state index in [4.69, 9.17) is 4.42 Å². The van der Waals surface area contributed by atoms with E-state index in [0.29, 0.717) is 22.3 Å². The van der Waals surface area contributed by atoms with Gasteiger partial charge >= 0.3 is 0 Å². The number of hydrogen-bond acceptors (Lipinski definition) is 7. The first-order valence-corrected chi connectivity index (χ1v) is 9.13. The van der Waals surface area contributed by atoms with E-state index in [1.165, 1.54) is 11.8 Å². The number of amides is 2. The first-order chi connectivity index (χ1) is 12.2. The Labute approximate surface area is 151 Å². The van der Waals surface area contributed by atoms with Crippen LogP contribution in [0.3, 0.4) is 0 Å². The minimum absolute atomic E-state index is 0.146. The molecule has 0 aliphatic heterocycles. The third-order valence-corrected chi connectivity index (χ3v) is 5.05. The van der Waals surface area contributed by atoms with Gasteiger partial charge in [-0.15, -0.1) is 10.2 Å². The summed E-state index contributed by atoms with van der Waals surface area (Å²) < 4.78 is 5.70. The molecule has 128 valence electrons. The minimum atomic E-state index is -0.321. The largest absolute Gasteiger partial charge is 0.467 e.